The fraction of sp³-hybridized carbons (Fsp3) is 0.556. The minimum atomic E-state index is -0.892. The predicted molar refractivity (Wildman–Crippen MR) is 87.2 cm³/mol. The molecule has 0 aromatic heterocycles. The van der Waals surface area contributed by atoms with E-state index in [2.05, 4.69) is 5.32 Å². The van der Waals surface area contributed by atoms with Gasteiger partial charge in [0, 0.05) is 13.2 Å². The quantitative estimate of drug-likeness (QED) is 0.842. The lowest BCUT2D eigenvalue weighted by Crippen LogP contribution is -2.46. The third kappa shape index (κ3) is 4.79. The maximum Gasteiger partial charge on any atom is 0.308 e. The topological polar surface area (TPSA) is 75.6 Å². The van der Waals surface area contributed by atoms with Crippen LogP contribution in [0, 0.1) is 18.3 Å². The largest absolute Gasteiger partial charge is 0.481 e. The molecule has 0 spiro atoms. The number of nitrogens with one attached hydrogen (secondary N) is 1. The molecule has 2 atom stereocenters. The molecule has 5 nitrogen and oxygen atoms in total. The summed E-state index contributed by atoms with van der Waals surface area (Å²) in [4.78, 5) is 23.9. The third-order valence-corrected chi connectivity index (χ3v) is 4.41. The Hall–Kier alpha value is -1.88. The van der Waals surface area contributed by atoms with Gasteiger partial charge in [-0.1, -0.05) is 29.8 Å². The first-order valence-electron chi connectivity index (χ1n) is 8.05. The van der Waals surface area contributed by atoms with Crippen molar-refractivity contribution < 1.29 is 19.4 Å². The van der Waals surface area contributed by atoms with Gasteiger partial charge in [0.25, 0.3) is 0 Å². The number of carboxylic acid groups (broad SMARTS) is 1. The van der Waals surface area contributed by atoms with Crippen LogP contribution >= 0.6 is 0 Å². The molecule has 0 radical (unpaired) electrons. The Morgan fingerprint density at radius 3 is 2.83 bits per heavy atom. The highest BCUT2D eigenvalue weighted by molar-refractivity contribution is 5.83. The number of amides is 1. The second kappa shape index (κ2) is 7.59. The van der Waals surface area contributed by atoms with Crippen LogP contribution in [0.3, 0.4) is 0 Å². The zero-order valence-electron chi connectivity index (χ0n) is 13.8. The molecule has 5 heteroatoms. The Morgan fingerprint density at radius 2 is 2.22 bits per heavy atom. The van der Waals surface area contributed by atoms with E-state index in [-0.39, 0.29) is 12.5 Å². The van der Waals surface area contributed by atoms with E-state index >= 15 is 0 Å². The predicted octanol–water partition coefficient (Wildman–Crippen LogP) is 2.17. The lowest BCUT2D eigenvalue weighted by Gasteiger charge is -2.32. The lowest BCUT2D eigenvalue weighted by molar-refractivity contribution is -0.142. The normalized spacial score (nSPS) is 22.3. The molecule has 2 unspecified atom stereocenters. The zero-order chi connectivity index (χ0) is 16.9. The van der Waals surface area contributed by atoms with E-state index in [4.69, 9.17) is 4.74 Å². The van der Waals surface area contributed by atoms with E-state index in [1.807, 2.05) is 38.1 Å². The molecule has 1 aromatic rings. The van der Waals surface area contributed by atoms with Crippen molar-refractivity contribution in [1.82, 2.24) is 5.32 Å². The number of hydrogen-bond donors (Lipinski definition) is 2. The SMILES string of the molecule is Cc1cccc(CC(CNC(=O)C2(C)CCCOC2)C(=O)O)c1. The van der Waals surface area contributed by atoms with Gasteiger partial charge in [-0.05, 0) is 38.7 Å². The minimum absolute atomic E-state index is 0.118. The van der Waals surface area contributed by atoms with Gasteiger partial charge in [-0.3, -0.25) is 9.59 Å². The summed E-state index contributed by atoms with van der Waals surface area (Å²) in [6, 6.07) is 7.79. The minimum Gasteiger partial charge on any atom is -0.481 e. The van der Waals surface area contributed by atoms with Crippen LogP contribution in [0.2, 0.25) is 0 Å². The fourth-order valence-corrected chi connectivity index (χ4v) is 2.91. The van der Waals surface area contributed by atoms with Crippen LogP contribution in [-0.2, 0) is 20.7 Å². The highest BCUT2D eigenvalue weighted by atomic mass is 16.5. The lowest BCUT2D eigenvalue weighted by atomic mass is 9.83. The molecule has 2 N–H and O–H groups in total. The van der Waals surface area contributed by atoms with Crippen molar-refractivity contribution in [1.29, 1.82) is 0 Å². The molecular weight excluding hydrogens is 294 g/mol. The maximum atomic E-state index is 12.4. The van der Waals surface area contributed by atoms with E-state index in [0.29, 0.717) is 19.6 Å². The first-order chi connectivity index (χ1) is 10.9. The smallest absolute Gasteiger partial charge is 0.308 e. The summed E-state index contributed by atoms with van der Waals surface area (Å²) in [5.74, 6) is -1.64. The summed E-state index contributed by atoms with van der Waals surface area (Å²) in [5, 5.41) is 12.2. The molecule has 23 heavy (non-hydrogen) atoms. The van der Waals surface area contributed by atoms with Gasteiger partial charge in [0.2, 0.25) is 5.91 Å². The van der Waals surface area contributed by atoms with Crippen molar-refractivity contribution in [3.8, 4) is 0 Å². The number of carbonyl (C=O) groups excluding carboxylic acids is 1. The molecule has 0 saturated carbocycles. The van der Waals surface area contributed by atoms with Gasteiger partial charge in [0.1, 0.15) is 0 Å². The monoisotopic (exact) mass is 319 g/mol. The van der Waals surface area contributed by atoms with Crippen LogP contribution in [0.4, 0.5) is 0 Å². The van der Waals surface area contributed by atoms with Gasteiger partial charge in [0.05, 0.1) is 17.9 Å². The fourth-order valence-electron chi connectivity index (χ4n) is 2.91. The molecule has 0 aliphatic carbocycles. The highest BCUT2D eigenvalue weighted by Crippen LogP contribution is 2.28. The van der Waals surface area contributed by atoms with E-state index in [1.54, 1.807) is 0 Å². The Kier molecular flexibility index (Phi) is 5.77. The van der Waals surface area contributed by atoms with Gasteiger partial charge in [0.15, 0.2) is 0 Å². The Bertz CT molecular complexity index is 564. The molecule has 1 aliphatic rings. The number of rotatable bonds is 6. The Labute approximate surface area is 137 Å². The average molecular weight is 319 g/mol. The number of benzene rings is 1. The maximum absolute atomic E-state index is 12.4. The van der Waals surface area contributed by atoms with Gasteiger partial charge in [-0.2, -0.15) is 0 Å². The molecule has 0 bridgehead atoms. The second-order valence-corrected chi connectivity index (χ2v) is 6.66. The van der Waals surface area contributed by atoms with Crippen molar-refractivity contribution in [3.05, 3.63) is 35.4 Å². The van der Waals surface area contributed by atoms with Crippen molar-refractivity contribution in [2.75, 3.05) is 19.8 Å². The number of carboxylic acids is 1. The van der Waals surface area contributed by atoms with Crippen molar-refractivity contribution >= 4 is 11.9 Å². The summed E-state index contributed by atoms with van der Waals surface area (Å²) in [7, 11) is 0. The van der Waals surface area contributed by atoms with E-state index in [0.717, 1.165) is 24.0 Å². The summed E-state index contributed by atoms with van der Waals surface area (Å²) in [5.41, 5.74) is 1.52. The van der Waals surface area contributed by atoms with E-state index in [9.17, 15) is 14.7 Å². The molecular formula is C18H25NO4. The summed E-state index contributed by atoms with van der Waals surface area (Å²) in [6.07, 6.45) is 2.04. The van der Waals surface area contributed by atoms with Gasteiger partial charge in [-0.25, -0.2) is 0 Å². The number of ether oxygens (including phenoxy) is 1. The molecule has 1 aromatic carbocycles. The number of aryl methyl sites for hydroxylation is 1. The van der Waals surface area contributed by atoms with Crippen LogP contribution in [0.1, 0.15) is 30.9 Å². The Morgan fingerprint density at radius 1 is 1.43 bits per heavy atom. The van der Waals surface area contributed by atoms with Crippen molar-refractivity contribution in [3.63, 3.8) is 0 Å². The number of hydrogen-bond acceptors (Lipinski definition) is 3. The van der Waals surface area contributed by atoms with Gasteiger partial charge < -0.3 is 15.2 Å². The van der Waals surface area contributed by atoms with Crippen LogP contribution in [-0.4, -0.2) is 36.7 Å². The molecule has 1 aliphatic heterocycles. The van der Waals surface area contributed by atoms with Crippen LogP contribution in [0.5, 0.6) is 0 Å². The van der Waals surface area contributed by atoms with Gasteiger partial charge in [-0.15, -0.1) is 0 Å². The van der Waals surface area contributed by atoms with Crippen LogP contribution in [0.25, 0.3) is 0 Å². The van der Waals surface area contributed by atoms with E-state index in [1.165, 1.54) is 0 Å². The van der Waals surface area contributed by atoms with Crippen molar-refractivity contribution in [2.45, 2.75) is 33.1 Å². The first kappa shape index (κ1) is 17.5. The molecule has 2 rings (SSSR count). The zero-order valence-corrected chi connectivity index (χ0v) is 13.8. The summed E-state index contributed by atoms with van der Waals surface area (Å²) >= 11 is 0. The molecule has 1 amide bonds. The highest BCUT2D eigenvalue weighted by Gasteiger charge is 2.35. The van der Waals surface area contributed by atoms with E-state index < -0.39 is 17.3 Å². The van der Waals surface area contributed by atoms with Crippen molar-refractivity contribution in [2.24, 2.45) is 11.3 Å². The Balaban J connectivity index is 1.94. The van der Waals surface area contributed by atoms with Crippen LogP contribution in [0.15, 0.2) is 24.3 Å². The molecule has 1 heterocycles. The summed E-state index contributed by atoms with van der Waals surface area (Å²) in [6.45, 7) is 5.07. The molecule has 1 saturated heterocycles. The molecule has 1 fully saturated rings. The third-order valence-electron chi connectivity index (χ3n) is 4.41. The number of carbonyl (C=O) groups is 2. The van der Waals surface area contributed by atoms with Gasteiger partial charge >= 0.3 is 5.97 Å². The summed E-state index contributed by atoms with van der Waals surface area (Å²) < 4.78 is 5.39. The number of aliphatic carboxylic acids is 1. The first-order valence-corrected chi connectivity index (χ1v) is 8.05. The standard InChI is InChI=1S/C18H25NO4/c1-13-5-3-6-14(9-13)10-15(16(20)21)11-19-17(22)18(2)7-4-8-23-12-18/h3,5-6,9,15H,4,7-8,10-12H2,1-2H3,(H,19,22)(H,20,21). The molecule has 126 valence electrons. The second-order valence-electron chi connectivity index (χ2n) is 6.66. The average Bonchev–Trinajstić information content (AvgIpc) is 2.51. The van der Waals surface area contributed by atoms with Crippen LogP contribution < -0.4 is 5.32 Å².